The monoisotopic (exact) mass is 186 g/mol. The zero-order valence-electron chi connectivity index (χ0n) is 6.49. The first-order valence-corrected chi connectivity index (χ1v) is 4.72. The minimum absolute atomic E-state index is 0.787. The van der Waals surface area contributed by atoms with Crippen LogP contribution in [0.25, 0.3) is 0 Å². The molecule has 0 fully saturated rings. The maximum Gasteiger partial charge on any atom is 0.172 e. The van der Waals surface area contributed by atoms with Crippen molar-refractivity contribution in [2.75, 3.05) is 0 Å². The van der Waals surface area contributed by atoms with Crippen LogP contribution in [0.1, 0.15) is 11.1 Å². The summed E-state index contributed by atoms with van der Waals surface area (Å²) in [5.41, 5.74) is 2.48. The molecule has 0 aliphatic heterocycles. The van der Waals surface area contributed by atoms with E-state index in [2.05, 4.69) is 43.7 Å². The van der Waals surface area contributed by atoms with Crippen molar-refractivity contribution in [2.45, 2.75) is 11.5 Å². The van der Waals surface area contributed by atoms with Gasteiger partial charge in [-0.3, -0.25) is 0 Å². The molecule has 0 saturated carbocycles. The van der Waals surface area contributed by atoms with Gasteiger partial charge in [-0.1, -0.05) is 0 Å². The molecule has 0 saturated heterocycles. The van der Waals surface area contributed by atoms with Crippen molar-refractivity contribution < 1.29 is 4.57 Å². The van der Waals surface area contributed by atoms with Crippen molar-refractivity contribution in [3.05, 3.63) is 29.6 Å². The van der Waals surface area contributed by atoms with E-state index in [9.17, 15) is 0 Å². The fourth-order valence-electron chi connectivity index (χ4n) is 1.05. The van der Waals surface area contributed by atoms with E-state index in [4.69, 9.17) is 0 Å². The molecule has 0 spiro atoms. The lowest BCUT2D eigenvalue weighted by atomic mass is 10.2. The lowest BCUT2D eigenvalue weighted by Gasteiger charge is -1.97. The van der Waals surface area contributed by atoms with Crippen LogP contribution in [-0.4, -0.2) is 0 Å². The second-order valence-corrected chi connectivity index (χ2v) is 3.17. The topological polar surface area (TPSA) is 3.88 Å². The summed E-state index contributed by atoms with van der Waals surface area (Å²) < 4.78 is 2.04. The Labute approximate surface area is 78.3 Å². The van der Waals surface area contributed by atoms with Gasteiger partial charge in [0, 0.05) is 22.6 Å². The maximum absolute atomic E-state index is 4.21. The molecule has 11 heavy (non-hydrogen) atoms. The molecule has 0 aromatic carbocycles. The van der Waals surface area contributed by atoms with Crippen LogP contribution in [0.15, 0.2) is 18.5 Å². The van der Waals surface area contributed by atoms with Gasteiger partial charge in [-0.05, 0) is 6.07 Å². The molecular formula is C8H12NS2+. The van der Waals surface area contributed by atoms with E-state index in [0.717, 1.165) is 11.5 Å². The highest BCUT2D eigenvalue weighted by Gasteiger charge is 2.00. The Morgan fingerprint density at radius 1 is 1.18 bits per heavy atom. The van der Waals surface area contributed by atoms with Crippen LogP contribution < -0.4 is 4.57 Å². The molecule has 60 valence electrons. The molecule has 0 N–H and O–H groups in total. The van der Waals surface area contributed by atoms with Gasteiger partial charge >= 0.3 is 0 Å². The number of aromatic nitrogens is 1. The van der Waals surface area contributed by atoms with Crippen LogP contribution in [0.4, 0.5) is 0 Å². The van der Waals surface area contributed by atoms with E-state index in [1.165, 1.54) is 11.1 Å². The normalized spacial score (nSPS) is 10.1. The van der Waals surface area contributed by atoms with Crippen molar-refractivity contribution in [2.24, 2.45) is 7.05 Å². The van der Waals surface area contributed by atoms with Crippen LogP contribution in [-0.2, 0) is 18.6 Å². The Hall–Kier alpha value is -0.150. The fraction of sp³-hybridized carbons (Fsp3) is 0.375. The molecule has 0 aliphatic rings. The molecule has 3 heteroatoms. The second kappa shape index (κ2) is 4.02. The third-order valence-electron chi connectivity index (χ3n) is 1.47. The Bertz CT molecular complexity index is 226. The molecule has 0 unspecified atom stereocenters. The van der Waals surface area contributed by atoms with E-state index in [0.29, 0.717) is 0 Å². The quantitative estimate of drug-likeness (QED) is 0.508. The number of pyridine rings is 1. The molecule has 1 heterocycles. The van der Waals surface area contributed by atoms with Crippen LogP contribution in [0, 0.1) is 0 Å². The standard InChI is InChI=1S/C8H11NS2/c1-9-3-7(5-10)2-8(4-9)6-11/h2-4H,5-6H2,1H3,(H-,10,11)/p+1. The first kappa shape index (κ1) is 8.94. The van der Waals surface area contributed by atoms with Crippen molar-refractivity contribution >= 4 is 25.3 Å². The van der Waals surface area contributed by atoms with Gasteiger partial charge in [0.25, 0.3) is 0 Å². The number of hydrogen-bond acceptors (Lipinski definition) is 2. The number of nitrogens with zero attached hydrogens (tertiary/aromatic N) is 1. The average molecular weight is 186 g/mol. The van der Waals surface area contributed by atoms with Crippen molar-refractivity contribution in [1.82, 2.24) is 0 Å². The van der Waals surface area contributed by atoms with Gasteiger partial charge in [-0.2, -0.15) is 25.3 Å². The summed E-state index contributed by atoms with van der Waals surface area (Å²) in [4.78, 5) is 0. The van der Waals surface area contributed by atoms with E-state index < -0.39 is 0 Å². The highest BCUT2D eigenvalue weighted by molar-refractivity contribution is 7.79. The zero-order valence-corrected chi connectivity index (χ0v) is 8.28. The SMILES string of the molecule is C[n+]1cc(CS)cc(CS)c1. The van der Waals surface area contributed by atoms with Crippen molar-refractivity contribution in [3.63, 3.8) is 0 Å². The predicted octanol–water partition coefficient (Wildman–Crippen LogP) is 1.37. The number of thiol groups is 2. The van der Waals surface area contributed by atoms with Gasteiger partial charge in [-0.15, -0.1) is 0 Å². The predicted molar refractivity (Wildman–Crippen MR) is 53.0 cm³/mol. The first-order valence-electron chi connectivity index (χ1n) is 3.46. The lowest BCUT2D eigenvalue weighted by molar-refractivity contribution is -0.672. The Morgan fingerprint density at radius 2 is 1.64 bits per heavy atom. The third kappa shape index (κ3) is 2.42. The van der Waals surface area contributed by atoms with E-state index in [-0.39, 0.29) is 0 Å². The van der Waals surface area contributed by atoms with Crippen LogP contribution in [0.5, 0.6) is 0 Å². The summed E-state index contributed by atoms with van der Waals surface area (Å²) >= 11 is 8.41. The van der Waals surface area contributed by atoms with E-state index in [1.54, 1.807) is 0 Å². The molecule has 0 aliphatic carbocycles. The minimum Gasteiger partial charge on any atom is -0.207 e. The largest absolute Gasteiger partial charge is 0.207 e. The first-order chi connectivity index (χ1) is 5.26. The Balaban J connectivity index is 3.02. The summed E-state index contributed by atoms with van der Waals surface area (Å²) in [6, 6.07) is 2.12. The summed E-state index contributed by atoms with van der Waals surface area (Å²) in [6.45, 7) is 0. The molecule has 1 aromatic rings. The lowest BCUT2D eigenvalue weighted by Crippen LogP contribution is -2.28. The minimum atomic E-state index is 0.787. The Kier molecular flexibility index (Phi) is 3.27. The van der Waals surface area contributed by atoms with Gasteiger partial charge in [0.1, 0.15) is 7.05 Å². The zero-order chi connectivity index (χ0) is 8.27. The molecule has 0 bridgehead atoms. The average Bonchev–Trinajstić information content (AvgIpc) is 2.03. The third-order valence-corrected chi connectivity index (χ3v) is 2.21. The molecule has 0 amide bonds. The number of rotatable bonds is 2. The van der Waals surface area contributed by atoms with Crippen LogP contribution >= 0.6 is 25.3 Å². The van der Waals surface area contributed by atoms with E-state index in [1.807, 2.05) is 11.6 Å². The second-order valence-electron chi connectivity index (χ2n) is 2.53. The summed E-state index contributed by atoms with van der Waals surface area (Å²) in [5, 5.41) is 0. The van der Waals surface area contributed by atoms with Crippen molar-refractivity contribution in [3.8, 4) is 0 Å². The van der Waals surface area contributed by atoms with Crippen LogP contribution in [0.2, 0.25) is 0 Å². The van der Waals surface area contributed by atoms with Gasteiger partial charge in [-0.25, -0.2) is 4.57 Å². The molecule has 0 atom stereocenters. The molecule has 1 rings (SSSR count). The van der Waals surface area contributed by atoms with Crippen LogP contribution in [0.3, 0.4) is 0 Å². The van der Waals surface area contributed by atoms with E-state index >= 15 is 0 Å². The molecule has 1 aromatic heterocycles. The smallest absolute Gasteiger partial charge is 0.172 e. The highest BCUT2D eigenvalue weighted by atomic mass is 32.1. The number of hydrogen-bond donors (Lipinski definition) is 2. The van der Waals surface area contributed by atoms with Gasteiger partial charge in [0.15, 0.2) is 12.4 Å². The maximum atomic E-state index is 4.21. The molecular weight excluding hydrogens is 174 g/mol. The molecule has 0 radical (unpaired) electrons. The number of aryl methyl sites for hydroxylation is 1. The highest BCUT2D eigenvalue weighted by Crippen LogP contribution is 2.05. The summed E-state index contributed by atoms with van der Waals surface area (Å²) in [7, 11) is 2.01. The van der Waals surface area contributed by atoms with Gasteiger partial charge in [0.2, 0.25) is 0 Å². The summed E-state index contributed by atoms with van der Waals surface area (Å²) in [5.74, 6) is 1.57. The Morgan fingerprint density at radius 3 is 2.00 bits per heavy atom. The summed E-state index contributed by atoms with van der Waals surface area (Å²) in [6.07, 6.45) is 4.14. The molecule has 1 nitrogen and oxygen atoms in total. The van der Waals surface area contributed by atoms with Gasteiger partial charge < -0.3 is 0 Å². The van der Waals surface area contributed by atoms with Crippen molar-refractivity contribution in [1.29, 1.82) is 0 Å². The fourth-order valence-corrected chi connectivity index (χ4v) is 1.39. The van der Waals surface area contributed by atoms with Gasteiger partial charge in [0.05, 0.1) is 0 Å².